The van der Waals surface area contributed by atoms with Crippen LogP contribution < -0.4 is 10.1 Å². The van der Waals surface area contributed by atoms with Gasteiger partial charge in [-0.15, -0.1) is 11.3 Å². The summed E-state index contributed by atoms with van der Waals surface area (Å²) in [5, 5.41) is 4.14. The zero-order chi connectivity index (χ0) is 19.3. The standard InChI is InChI=1S/C22H23N3O2S/c1-2-27-20-13-15(11-12-23-20)14-24-21(26)16-7-3-4-8-17(16)22-25-18-9-5-6-10-19(18)28-22/h3-6,9-13,16-17H,2,7-8,14H2,1H3,(H,24,26)/t16-,17+/m0/s1. The van der Waals surface area contributed by atoms with Gasteiger partial charge in [0.25, 0.3) is 0 Å². The summed E-state index contributed by atoms with van der Waals surface area (Å²) in [5.41, 5.74) is 1.99. The summed E-state index contributed by atoms with van der Waals surface area (Å²) in [6.45, 7) is 2.96. The molecule has 1 N–H and O–H groups in total. The molecule has 6 heteroatoms. The predicted octanol–water partition coefficient (Wildman–Crippen LogP) is 4.46. The van der Waals surface area contributed by atoms with Crippen molar-refractivity contribution in [2.24, 2.45) is 5.92 Å². The molecule has 0 saturated heterocycles. The van der Waals surface area contributed by atoms with Crippen molar-refractivity contribution in [2.75, 3.05) is 6.61 Å². The lowest BCUT2D eigenvalue weighted by Crippen LogP contribution is -2.34. The van der Waals surface area contributed by atoms with Gasteiger partial charge in [0.2, 0.25) is 11.8 Å². The number of carbonyl (C=O) groups excluding carboxylic acids is 1. The Morgan fingerprint density at radius 2 is 2.11 bits per heavy atom. The van der Waals surface area contributed by atoms with E-state index in [2.05, 4.69) is 28.5 Å². The van der Waals surface area contributed by atoms with E-state index in [-0.39, 0.29) is 17.7 Å². The highest BCUT2D eigenvalue weighted by Crippen LogP contribution is 2.38. The van der Waals surface area contributed by atoms with Crippen LogP contribution in [0.1, 0.15) is 36.3 Å². The highest BCUT2D eigenvalue weighted by Gasteiger charge is 2.32. The first kappa shape index (κ1) is 18.6. The fourth-order valence-electron chi connectivity index (χ4n) is 3.53. The molecular weight excluding hydrogens is 370 g/mol. The second-order valence-corrected chi connectivity index (χ2v) is 7.89. The normalized spacial score (nSPS) is 18.9. The van der Waals surface area contributed by atoms with E-state index in [0.29, 0.717) is 19.0 Å². The molecule has 4 rings (SSSR count). The molecule has 0 saturated carbocycles. The molecule has 2 atom stereocenters. The van der Waals surface area contributed by atoms with Crippen LogP contribution in [0.4, 0.5) is 0 Å². The summed E-state index contributed by atoms with van der Waals surface area (Å²) in [5.74, 6) is 0.683. The summed E-state index contributed by atoms with van der Waals surface area (Å²) < 4.78 is 6.61. The van der Waals surface area contributed by atoms with E-state index in [0.717, 1.165) is 28.9 Å². The maximum atomic E-state index is 13.0. The number of nitrogens with one attached hydrogen (secondary N) is 1. The van der Waals surface area contributed by atoms with Crippen molar-refractivity contribution in [3.8, 4) is 5.88 Å². The molecule has 1 amide bonds. The number of rotatable bonds is 6. The first-order valence-corrected chi connectivity index (χ1v) is 10.4. The molecule has 28 heavy (non-hydrogen) atoms. The van der Waals surface area contributed by atoms with Crippen LogP contribution in [0.15, 0.2) is 54.7 Å². The van der Waals surface area contributed by atoms with E-state index in [1.165, 1.54) is 4.70 Å². The summed E-state index contributed by atoms with van der Waals surface area (Å²) in [4.78, 5) is 21.9. The number of hydrogen-bond donors (Lipinski definition) is 1. The summed E-state index contributed by atoms with van der Waals surface area (Å²) in [6.07, 6.45) is 7.57. The number of pyridine rings is 1. The third kappa shape index (κ3) is 4.07. The quantitative estimate of drug-likeness (QED) is 0.628. The molecule has 0 radical (unpaired) electrons. The number of hydrogen-bond acceptors (Lipinski definition) is 5. The van der Waals surface area contributed by atoms with E-state index < -0.39 is 0 Å². The minimum Gasteiger partial charge on any atom is -0.478 e. The maximum Gasteiger partial charge on any atom is 0.224 e. The van der Waals surface area contributed by atoms with Crippen LogP contribution in [0.2, 0.25) is 0 Å². The molecular formula is C22H23N3O2S. The zero-order valence-corrected chi connectivity index (χ0v) is 16.6. The molecule has 1 aliphatic rings. The minimum atomic E-state index is -0.0984. The Morgan fingerprint density at radius 1 is 1.25 bits per heavy atom. The molecule has 0 bridgehead atoms. The molecule has 0 aliphatic heterocycles. The van der Waals surface area contributed by atoms with Crippen LogP contribution in [0.5, 0.6) is 5.88 Å². The van der Waals surface area contributed by atoms with Gasteiger partial charge < -0.3 is 10.1 Å². The number of benzene rings is 1. The Balaban J connectivity index is 1.47. The maximum absolute atomic E-state index is 13.0. The van der Waals surface area contributed by atoms with Crippen LogP contribution in [0.25, 0.3) is 10.2 Å². The largest absolute Gasteiger partial charge is 0.478 e. The number of fused-ring (bicyclic) bond motifs is 1. The Kier molecular flexibility index (Phi) is 5.67. The minimum absolute atomic E-state index is 0.0726. The Labute approximate surface area is 168 Å². The average molecular weight is 394 g/mol. The fraction of sp³-hybridized carbons (Fsp3) is 0.318. The number of thiazole rings is 1. The number of amides is 1. The van der Waals surface area contributed by atoms with Gasteiger partial charge in [-0.3, -0.25) is 4.79 Å². The SMILES string of the molecule is CCOc1cc(CNC(=O)[C@H]2CC=CC[C@H]2c2nc3ccccc3s2)ccn1. The van der Waals surface area contributed by atoms with Crippen molar-refractivity contribution in [3.05, 3.63) is 65.3 Å². The monoisotopic (exact) mass is 393 g/mol. The average Bonchev–Trinajstić information content (AvgIpc) is 3.17. The topological polar surface area (TPSA) is 64.1 Å². The molecule has 1 aromatic carbocycles. The molecule has 0 fully saturated rings. The van der Waals surface area contributed by atoms with Crippen LogP contribution in [-0.4, -0.2) is 22.5 Å². The summed E-state index contributed by atoms with van der Waals surface area (Å²) in [6, 6.07) is 11.9. The van der Waals surface area contributed by atoms with Gasteiger partial charge in [-0.1, -0.05) is 24.3 Å². The highest BCUT2D eigenvalue weighted by molar-refractivity contribution is 7.18. The number of para-hydroxylation sites is 1. The van der Waals surface area contributed by atoms with Crippen LogP contribution >= 0.6 is 11.3 Å². The number of aromatic nitrogens is 2. The van der Waals surface area contributed by atoms with Crippen molar-refractivity contribution in [2.45, 2.75) is 32.2 Å². The number of allylic oxidation sites excluding steroid dienone is 2. The second-order valence-electron chi connectivity index (χ2n) is 6.83. The summed E-state index contributed by atoms with van der Waals surface area (Å²) >= 11 is 1.70. The molecule has 0 unspecified atom stereocenters. The van der Waals surface area contributed by atoms with Crippen molar-refractivity contribution in [1.29, 1.82) is 0 Å². The van der Waals surface area contributed by atoms with E-state index in [1.54, 1.807) is 17.5 Å². The molecule has 144 valence electrons. The first-order chi connectivity index (χ1) is 13.7. The fourth-order valence-corrected chi connectivity index (χ4v) is 4.68. The molecule has 3 aromatic rings. The number of ether oxygens (including phenoxy) is 1. The second kappa shape index (κ2) is 8.52. The first-order valence-electron chi connectivity index (χ1n) is 9.60. The van der Waals surface area contributed by atoms with Gasteiger partial charge in [0.05, 0.1) is 27.7 Å². The molecule has 5 nitrogen and oxygen atoms in total. The van der Waals surface area contributed by atoms with E-state index in [4.69, 9.17) is 9.72 Å². The molecule has 2 heterocycles. The summed E-state index contributed by atoms with van der Waals surface area (Å²) in [7, 11) is 0. The molecule has 2 aromatic heterocycles. The third-order valence-electron chi connectivity index (χ3n) is 4.96. The number of carbonyl (C=O) groups is 1. The number of nitrogens with zero attached hydrogens (tertiary/aromatic N) is 2. The molecule has 0 spiro atoms. The van der Waals surface area contributed by atoms with E-state index in [9.17, 15) is 4.79 Å². The van der Waals surface area contributed by atoms with Gasteiger partial charge in [0.1, 0.15) is 0 Å². The van der Waals surface area contributed by atoms with Gasteiger partial charge in [-0.05, 0) is 43.5 Å². The van der Waals surface area contributed by atoms with Gasteiger partial charge in [-0.2, -0.15) is 0 Å². The van der Waals surface area contributed by atoms with Crippen LogP contribution in [0, 0.1) is 5.92 Å². The van der Waals surface area contributed by atoms with Crippen molar-refractivity contribution < 1.29 is 9.53 Å². The zero-order valence-electron chi connectivity index (χ0n) is 15.8. The van der Waals surface area contributed by atoms with E-state index >= 15 is 0 Å². The van der Waals surface area contributed by atoms with Crippen LogP contribution in [0.3, 0.4) is 0 Å². The smallest absolute Gasteiger partial charge is 0.224 e. The van der Waals surface area contributed by atoms with Crippen molar-refractivity contribution in [3.63, 3.8) is 0 Å². The Morgan fingerprint density at radius 3 is 2.96 bits per heavy atom. The lowest BCUT2D eigenvalue weighted by molar-refractivity contribution is -0.125. The van der Waals surface area contributed by atoms with Crippen molar-refractivity contribution >= 4 is 27.5 Å². The lowest BCUT2D eigenvalue weighted by atomic mass is 9.82. The Bertz CT molecular complexity index is 965. The highest BCUT2D eigenvalue weighted by atomic mass is 32.1. The third-order valence-corrected chi connectivity index (χ3v) is 6.12. The van der Waals surface area contributed by atoms with E-state index in [1.807, 2.05) is 37.3 Å². The van der Waals surface area contributed by atoms with Crippen LogP contribution in [-0.2, 0) is 11.3 Å². The van der Waals surface area contributed by atoms with Gasteiger partial charge in [0, 0.05) is 24.7 Å². The Hall–Kier alpha value is -2.73. The van der Waals surface area contributed by atoms with Crippen molar-refractivity contribution in [1.82, 2.24) is 15.3 Å². The predicted molar refractivity (Wildman–Crippen MR) is 111 cm³/mol. The molecule has 1 aliphatic carbocycles. The van der Waals surface area contributed by atoms with Gasteiger partial charge in [0.15, 0.2) is 0 Å². The van der Waals surface area contributed by atoms with Gasteiger partial charge in [-0.25, -0.2) is 9.97 Å². The lowest BCUT2D eigenvalue weighted by Gasteiger charge is -2.26. The van der Waals surface area contributed by atoms with Gasteiger partial charge >= 0.3 is 0 Å².